The van der Waals surface area contributed by atoms with Crippen molar-refractivity contribution >= 4 is 12.3 Å². The first kappa shape index (κ1) is 11.7. The van der Waals surface area contributed by atoms with Crippen LogP contribution in [0.4, 0.5) is 0 Å². The molecule has 0 bridgehead atoms. The van der Waals surface area contributed by atoms with Crippen LogP contribution < -0.4 is 0 Å². The van der Waals surface area contributed by atoms with Crippen LogP contribution in [0, 0.1) is 5.41 Å². The van der Waals surface area contributed by atoms with E-state index >= 15 is 0 Å². The van der Waals surface area contributed by atoms with Gasteiger partial charge in [0.1, 0.15) is 6.33 Å². The van der Waals surface area contributed by atoms with E-state index in [4.69, 9.17) is 0 Å². The highest BCUT2D eigenvalue weighted by atomic mass is 15.2. The van der Waals surface area contributed by atoms with Crippen molar-refractivity contribution in [2.24, 2.45) is 5.41 Å². The molecule has 82 valence electrons. The maximum Gasteiger partial charge on any atom is 0.160 e. The van der Waals surface area contributed by atoms with E-state index in [1.807, 2.05) is 29.8 Å². The zero-order chi connectivity index (χ0) is 11.3. The lowest BCUT2D eigenvalue weighted by molar-refractivity contribution is 0.421. The van der Waals surface area contributed by atoms with Gasteiger partial charge in [0.15, 0.2) is 5.82 Å². The highest BCUT2D eigenvalue weighted by molar-refractivity contribution is 5.43. The minimum Gasteiger partial charge on any atom is -0.289 e. The third kappa shape index (κ3) is 4.11. The minimum atomic E-state index is 0.321. The van der Waals surface area contributed by atoms with Gasteiger partial charge in [-0.25, -0.2) is 0 Å². The Labute approximate surface area is 91.5 Å². The fourth-order valence-corrected chi connectivity index (χ4v) is 1.16. The highest BCUT2D eigenvalue weighted by Crippen LogP contribution is 2.19. The summed E-state index contributed by atoms with van der Waals surface area (Å²) in [4.78, 5) is 0. The number of rotatable bonds is 3. The van der Waals surface area contributed by atoms with Crippen molar-refractivity contribution in [2.45, 2.75) is 34.1 Å². The fourth-order valence-electron chi connectivity index (χ4n) is 1.16. The predicted molar refractivity (Wildman–Crippen MR) is 64.1 cm³/mol. The summed E-state index contributed by atoms with van der Waals surface area (Å²) < 4.78 is 1.90. The van der Waals surface area contributed by atoms with E-state index in [0.29, 0.717) is 5.41 Å². The van der Waals surface area contributed by atoms with E-state index in [1.54, 1.807) is 6.33 Å². The Morgan fingerprint density at radius 1 is 1.40 bits per heavy atom. The standard InChI is InChI=1S/C12H19N3/c1-5-9-15-10-13-14-11(15)7-6-8-12(2,3)4/h5-7,9-10H,8H2,1-4H3/b7-6-,9-5-. The quantitative estimate of drug-likeness (QED) is 0.758. The van der Waals surface area contributed by atoms with Gasteiger partial charge in [0.2, 0.25) is 0 Å². The number of nitrogens with zero attached hydrogens (tertiary/aromatic N) is 3. The zero-order valence-electron chi connectivity index (χ0n) is 9.94. The van der Waals surface area contributed by atoms with Crippen LogP contribution in [0.2, 0.25) is 0 Å². The number of aromatic nitrogens is 3. The van der Waals surface area contributed by atoms with Gasteiger partial charge in [-0.2, -0.15) is 0 Å². The van der Waals surface area contributed by atoms with E-state index in [-0.39, 0.29) is 0 Å². The molecule has 0 aromatic carbocycles. The van der Waals surface area contributed by atoms with Crippen LogP contribution in [-0.4, -0.2) is 14.8 Å². The molecule has 1 aromatic heterocycles. The van der Waals surface area contributed by atoms with E-state index in [0.717, 1.165) is 12.2 Å². The topological polar surface area (TPSA) is 30.7 Å². The first-order valence-electron chi connectivity index (χ1n) is 5.22. The van der Waals surface area contributed by atoms with Gasteiger partial charge in [-0.15, -0.1) is 10.2 Å². The van der Waals surface area contributed by atoms with Crippen LogP contribution in [-0.2, 0) is 0 Å². The third-order valence-electron chi connectivity index (χ3n) is 1.91. The monoisotopic (exact) mass is 205 g/mol. The molecule has 0 radical (unpaired) electrons. The molecule has 0 saturated carbocycles. The lowest BCUT2D eigenvalue weighted by atomic mass is 9.92. The van der Waals surface area contributed by atoms with Crippen LogP contribution in [0.25, 0.3) is 12.3 Å². The van der Waals surface area contributed by atoms with Crippen molar-refractivity contribution in [1.82, 2.24) is 14.8 Å². The molecule has 0 amide bonds. The maximum atomic E-state index is 4.03. The molecular weight excluding hydrogens is 186 g/mol. The van der Waals surface area contributed by atoms with Crippen LogP contribution >= 0.6 is 0 Å². The van der Waals surface area contributed by atoms with Gasteiger partial charge in [0.05, 0.1) is 0 Å². The average Bonchev–Trinajstić information content (AvgIpc) is 2.51. The summed E-state index contributed by atoms with van der Waals surface area (Å²) in [7, 11) is 0. The van der Waals surface area contributed by atoms with Crippen LogP contribution in [0.3, 0.4) is 0 Å². The van der Waals surface area contributed by atoms with E-state index < -0.39 is 0 Å². The van der Waals surface area contributed by atoms with Crippen LogP contribution in [0.1, 0.15) is 39.9 Å². The van der Waals surface area contributed by atoms with Crippen LogP contribution in [0.5, 0.6) is 0 Å². The van der Waals surface area contributed by atoms with Gasteiger partial charge in [0, 0.05) is 6.20 Å². The SMILES string of the molecule is C/C=C\n1cnnc1/C=C\CC(C)(C)C. The lowest BCUT2D eigenvalue weighted by Gasteiger charge is -2.14. The molecule has 0 unspecified atom stereocenters. The number of allylic oxidation sites excluding steroid dienone is 2. The van der Waals surface area contributed by atoms with Gasteiger partial charge in [-0.3, -0.25) is 4.57 Å². The average molecular weight is 205 g/mol. The molecule has 3 nitrogen and oxygen atoms in total. The second kappa shape index (κ2) is 4.91. The van der Waals surface area contributed by atoms with Gasteiger partial charge in [-0.1, -0.05) is 32.9 Å². The van der Waals surface area contributed by atoms with Crippen molar-refractivity contribution in [3.63, 3.8) is 0 Å². The molecule has 0 saturated heterocycles. The first-order chi connectivity index (χ1) is 7.03. The Hall–Kier alpha value is -1.38. The van der Waals surface area contributed by atoms with Crippen molar-refractivity contribution in [3.8, 4) is 0 Å². The molecule has 15 heavy (non-hydrogen) atoms. The Morgan fingerprint density at radius 2 is 2.13 bits per heavy atom. The normalized spacial score (nSPS) is 13.1. The second-order valence-corrected chi connectivity index (χ2v) is 4.75. The lowest BCUT2D eigenvalue weighted by Crippen LogP contribution is -2.01. The molecule has 3 heteroatoms. The molecule has 0 spiro atoms. The second-order valence-electron chi connectivity index (χ2n) is 4.75. The Bertz CT molecular complexity index is 353. The summed E-state index contributed by atoms with van der Waals surface area (Å²) in [6, 6.07) is 0. The first-order valence-corrected chi connectivity index (χ1v) is 5.22. The molecule has 0 atom stereocenters. The summed E-state index contributed by atoms with van der Waals surface area (Å²) >= 11 is 0. The third-order valence-corrected chi connectivity index (χ3v) is 1.91. The van der Waals surface area contributed by atoms with Crippen molar-refractivity contribution in [1.29, 1.82) is 0 Å². The molecule has 0 aliphatic carbocycles. The number of hydrogen-bond donors (Lipinski definition) is 0. The van der Waals surface area contributed by atoms with E-state index in [9.17, 15) is 0 Å². The Morgan fingerprint density at radius 3 is 2.73 bits per heavy atom. The van der Waals surface area contributed by atoms with E-state index in [1.165, 1.54) is 0 Å². The Kier molecular flexibility index (Phi) is 3.83. The van der Waals surface area contributed by atoms with Crippen molar-refractivity contribution in [2.75, 3.05) is 0 Å². The fraction of sp³-hybridized carbons (Fsp3) is 0.500. The highest BCUT2D eigenvalue weighted by Gasteiger charge is 2.06. The molecule has 0 N–H and O–H groups in total. The van der Waals surface area contributed by atoms with Gasteiger partial charge < -0.3 is 0 Å². The molecule has 0 aliphatic heterocycles. The van der Waals surface area contributed by atoms with Gasteiger partial charge >= 0.3 is 0 Å². The van der Waals surface area contributed by atoms with E-state index in [2.05, 4.69) is 37.0 Å². The van der Waals surface area contributed by atoms with Crippen molar-refractivity contribution < 1.29 is 0 Å². The molecule has 1 rings (SSSR count). The summed E-state index contributed by atoms with van der Waals surface area (Å²) in [5, 5.41) is 7.90. The van der Waals surface area contributed by atoms with Crippen LogP contribution in [0.15, 0.2) is 18.5 Å². The van der Waals surface area contributed by atoms with Gasteiger partial charge in [0.25, 0.3) is 0 Å². The Balaban J connectivity index is 2.68. The molecular formula is C12H19N3. The largest absolute Gasteiger partial charge is 0.289 e. The maximum absolute atomic E-state index is 4.03. The van der Waals surface area contributed by atoms with Gasteiger partial charge in [-0.05, 0) is 24.8 Å². The van der Waals surface area contributed by atoms with Crippen molar-refractivity contribution in [3.05, 3.63) is 24.3 Å². The summed E-state index contributed by atoms with van der Waals surface area (Å²) in [6.45, 7) is 8.62. The number of hydrogen-bond acceptors (Lipinski definition) is 2. The zero-order valence-corrected chi connectivity index (χ0v) is 9.94. The molecule has 1 heterocycles. The predicted octanol–water partition coefficient (Wildman–Crippen LogP) is 3.22. The smallest absolute Gasteiger partial charge is 0.160 e. The summed E-state index contributed by atoms with van der Waals surface area (Å²) in [6.07, 6.45) is 10.8. The minimum absolute atomic E-state index is 0.321. The summed E-state index contributed by atoms with van der Waals surface area (Å²) in [5.74, 6) is 0.873. The molecule has 0 fully saturated rings. The summed E-state index contributed by atoms with van der Waals surface area (Å²) in [5.41, 5.74) is 0.321. The molecule has 0 aliphatic rings. The molecule has 1 aromatic rings.